The first-order valence-corrected chi connectivity index (χ1v) is 10.6. The normalized spacial score (nSPS) is 15.0. The van der Waals surface area contributed by atoms with Crippen molar-refractivity contribution in [2.75, 3.05) is 50.7 Å². The van der Waals surface area contributed by atoms with Crippen LogP contribution in [0.5, 0.6) is 0 Å². The van der Waals surface area contributed by atoms with Gasteiger partial charge in [-0.2, -0.15) is 0 Å². The molecule has 1 aliphatic rings. The average molecular weight is 528 g/mol. The largest absolute Gasteiger partial charge is 0.367 e. The number of anilines is 1. The number of hydrogen-bond acceptors (Lipinski definition) is 3. The number of nitrogens with zero attached hydrogens (tertiary/aromatic N) is 4. The van der Waals surface area contributed by atoms with Crippen LogP contribution in [0, 0.1) is 5.82 Å². The van der Waals surface area contributed by atoms with E-state index in [1.165, 1.54) is 0 Å². The van der Waals surface area contributed by atoms with Gasteiger partial charge in [-0.05, 0) is 43.3 Å². The maximum Gasteiger partial charge on any atom is 0.191 e. The van der Waals surface area contributed by atoms with Gasteiger partial charge >= 0.3 is 0 Å². The van der Waals surface area contributed by atoms with Crippen LogP contribution in [-0.2, 0) is 13.1 Å². The fourth-order valence-corrected chi connectivity index (χ4v) is 3.54. The molecule has 0 atom stereocenters. The number of likely N-dealkylation sites (N-methyl/N-ethyl adjacent to an activating group) is 1. The lowest BCUT2D eigenvalue weighted by molar-refractivity contribution is 0.270. The Hall–Kier alpha value is -1.81. The van der Waals surface area contributed by atoms with Crippen LogP contribution in [0.2, 0.25) is 0 Å². The maximum atomic E-state index is 14.7. The molecule has 2 heterocycles. The molecule has 0 spiro atoms. The molecule has 6 nitrogen and oxygen atoms in total. The predicted molar refractivity (Wildman–Crippen MR) is 133 cm³/mol. The lowest BCUT2D eigenvalue weighted by Gasteiger charge is -2.35. The molecule has 2 N–H and O–H groups in total. The van der Waals surface area contributed by atoms with Gasteiger partial charge in [0.25, 0.3) is 0 Å². The highest BCUT2D eigenvalue weighted by Crippen LogP contribution is 2.22. The van der Waals surface area contributed by atoms with Gasteiger partial charge in [0.05, 0.1) is 12.2 Å². The second kappa shape index (κ2) is 12.8. The van der Waals surface area contributed by atoms with E-state index in [4.69, 9.17) is 0 Å². The average Bonchev–Trinajstić information content (AvgIpc) is 3.26. The molecule has 1 aromatic heterocycles. The Bertz CT molecular complexity index is 772. The molecule has 0 bridgehead atoms. The Morgan fingerprint density at radius 1 is 1.07 bits per heavy atom. The smallest absolute Gasteiger partial charge is 0.191 e. The number of benzene rings is 1. The summed E-state index contributed by atoms with van der Waals surface area (Å²) in [6, 6.07) is 9.53. The molecule has 1 aromatic carbocycles. The molecule has 2 aromatic rings. The number of hydrogen-bond donors (Lipinski definition) is 2. The standard InChI is InChI=1S/C22H33FN6.HI/c1-3-24-22(25-9-12-28-10-5-6-11-28)26-18-19-7-8-21(20(23)17-19)29-15-13-27(4-2)14-16-29;/h5-8,10-11,17H,3-4,9,12-16,18H2,1-2H3,(H2,24,25,26);1H. The van der Waals surface area contributed by atoms with Crippen LogP contribution >= 0.6 is 24.0 Å². The van der Waals surface area contributed by atoms with E-state index in [0.29, 0.717) is 12.2 Å². The van der Waals surface area contributed by atoms with Gasteiger partial charge in [-0.3, -0.25) is 0 Å². The third-order valence-corrected chi connectivity index (χ3v) is 5.26. The molecule has 30 heavy (non-hydrogen) atoms. The Labute approximate surface area is 196 Å². The molecule has 0 unspecified atom stereocenters. The molecular weight excluding hydrogens is 494 g/mol. The topological polar surface area (TPSA) is 47.8 Å². The third-order valence-electron chi connectivity index (χ3n) is 5.26. The molecule has 0 aliphatic carbocycles. The Balaban J connectivity index is 0.00000320. The minimum Gasteiger partial charge on any atom is -0.367 e. The number of rotatable bonds is 8. The van der Waals surface area contributed by atoms with Gasteiger partial charge in [-0.1, -0.05) is 13.0 Å². The van der Waals surface area contributed by atoms with Gasteiger partial charge in [0.1, 0.15) is 5.82 Å². The van der Waals surface area contributed by atoms with Crippen molar-refractivity contribution in [2.45, 2.75) is 26.9 Å². The molecule has 1 aliphatic heterocycles. The molecule has 0 radical (unpaired) electrons. The highest BCUT2D eigenvalue weighted by molar-refractivity contribution is 14.0. The zero-order valence-corrected chi connectivity index (χ0v) is 20.3. The van der Waals surface area contributed by atoms with Crippen LogP contribution in [0.15, 0.2) is 47.7 Å². The number of guanidine groups is 1. The first-order valence-electron chi connectivity index (χ1n) is 10.6. The lowest BCUT2D eigenvalue weighted by Crippen LogP contribution is -2.46. The Kier molecular flexibility index (Phi) is 10.4. The SMILES string of the molecule is CCNC(=NCc1ccc(N2CCN(CC)CC2)c(F)c1)NCCn1cccc1.I. The van der Waals surface area contributed by atoms with Crippen LogP contribution in [0.4, 0.5) is 10.1 Å². The molecule has 1 fully saturated rings. The van der Waals surface area contributed by atoms with Crippen LogP contribution in [0.25, 0.3) is 0 Å². The fraction of sp³-hybridized carbons (Fsp3) is 0.500. The summed E-state index contributed by atoms with van der Waals surface area (Å²) < 4.78 is 16.8. The summed E-state index contributed by atoms with van der Waals surface area (Å²) in [4.78, 5) is 9.14. The van der Waals surface area contributed by atoms with E-state index >= 15 is 0 Å². The summed E-state index contributed by atoms with van der Waals surface area (Å²) in [6.45, 7) is 11.9. The monoisotopic (exact) mass is 528 g/mol. The van der Waals surface area contributed by atoms with Gasteiger partial charge < -0.3 is 25.0 Å². The molecule has 0 saturated carbocycles. The summed E-state index contributed by atoms with van der Waals surface area (Å²) in [5.41, 5.74) is 1.58. The minimum absolute atomic E-state index is 0. The lowest BCUT2D eigenvalue weighted by atomic mass is 10.1. The van der Waals surface area contributed by atoms with E-state index in [-0.39, 0.29) is 29.8 Å². The van der Waals surface area contributed by atoms with Gasteiger partial charge in [-0.25, -0.2) is 9.38 Å². The molecule has 1 saturated heterocycles. The fourth-order valence-electron chi connectivity index (χ4n) is 3.54. The van der Waals surface area contributed by atoms with E-state index in [0.717, 1.165) is 63.9 Å². The van der Waals surface area contributed by atoms with Gasteiger partial charge in [0.15, 0.2) is 5.96 Å². The molecule has 3 rings (SSSR count). The van der Waals surface area contributed by atoms with Gasteiger partial charge in [0.2, 0.25) is 0 Å². The van der Waals surface area contributed by atoms with Crippen molar-refractivity contribution in [2.24, 2.45) is 4.99 Å². The number of halogens is 2. The second-order valence-electron chi connectivity index (χ2n) is 7.25. The number of piperazine rings is 1. The second-order valence-corrected chi connectivity index (χ2v) is 7.25. The zero-order chi connectivity index (χ0) is 20.5. The highest BCUT2D eigenvalue weighted by Gasteiger charge is 2.18. The first kappa shape index (κ1) is 24.5. The summed E-state index contributed by atoms with van der Waals surface area (Å²) in [7, 11) is 0. The Morgan fingerprint density at radius 2 is 1.80 bits per heavy atom. The molecule has 8 heteroatoms. The summed E-state index contributed by atoms with van der Waals surface area (Å²) in [6.07, 6.45) is 4.08. The van der Waals surface area contributed by atoms with Crippen molar-refractivity contribution in [3.8, 4) is 0 Å². The van der Waals surface area contributed by atoms with E-state index in [9.17, 15) is 4.39 Å². The number of aliphatic imine (C=N–C) groups is 1. The number of aromatic nitrogens is 1. The van der Waals surface area contributed by atoms with Crippen molar-refractivity contribution in [1.82, 2.24) is 20.1 Å². The van der Waals surface area contributed by atoms with E-state index in [1.807, 2.05) is 43.6 Å². The van der Waals surface area contributed by atoms with Crippen molar-refractivity contribution in [3.63, 3.8) is 0 Å². The molecule has 166 valence electrons. The van der Waals surface area contributed by atoms with E-state index in [1.54, 1.807) is 6.07 Å². The van der Waals surface area contributed by atoms with Crippen LogP contribution < -0.4 is 15.5 Å². The van der Waals surface area contributed by atoms with Crippen molar-refractivity contribution >= 4 is 35.6 Å². The van der Waals surface area contributed by atoms with Crippen LogP contribution in [0.1, 0.15) is 19.4 Å². The number of nitrogens with one attached hydrogen (secondary N) is 2. The van der Waals surface area contributed by atoms with Crippen molar-refractivity contribution in [3.05, 3.63) is 54.1 Å². The zero-order valence-electron chi connectivity index (χ0n) is 18.0. The molecule has 0 amide bonds. The van der Waals surface area contributed by atoms with E-state index in [2.05, 4.69) is 36.9 Å². The predicted octanol–water partition coefficient (Wildman–Crippen LogP) is 3.14. The summed E-state index contributed by atoms with van der Waals surface area (Å²) in [5.74, 6) is 0.591. The summed E-state index contributed by atoms with van der Waals surface area (Å²) in [5, 5.41) is 6.57. The first-order chi connectivity index (χ1) is 14.2. The summed E-state index contributed by atoms with van der Waals surface area (Å²) >= 11 is 0. The minimum atomic E-state index is -0.159. The third kappa shape index (κ3) is 7.16. The van der Waals surface area contributed by atoms with Crippen molar-refractivity contribution < 1.29 is 4.39 Å². The van der Waals surface area contributed by atoms with Crippen molar-refractivity contribution in [1.29, 1.82) is 0 Å². The van der Waals surface area contributed by atoms with E-state index < -0.39 is 0 Å². The maximum absolute atomic E-state index is 14.7. The highest BCUT2D eigenvalue weighted by atomic mass is 127. The van der Waals surface area contributed by atoms with Crippen LogP contribution in [0.3, 0.4) is 0 Å². The quantitative estimate of drug-likeness (QED) is 0.314. The van der Waals surface area contributed by atoms with Gasteiger partial charge in [-0.15, -0.1) is 24.0 Å². The van der Waals surface area contributed by atoms with Crippen LogP contribution in [-0.4, -0.2) is 61.2 Å². The Morgan fingerprint density at radius 3 is 2.43 bits per heavy atom. The molecular formula is C22H34FIN6. The van der Waals surface area contributed by atoms with Gasteiger partial charge in [0, 0.05) is 58.2 Å².